The van der Waals surface area contributed by atoms with Crippen LogP contribution in [0.15, 0.2) is 67.4 Å². The van der Waals surface area contributed by atoms with Crippen LogP contribution in [-0.2, 0) is 6.42 Å². The number of hydrogen-bond donors (Lipinski definition) is 1. The standard InChI is InChI=1S/C18H17N5.C9H12O/c1-12(2)16-10-11-19-17(13(16)3)9-6-14-4-7-15(8-5-14)18-20-22-23-21-18;1-3-8-5-4-6-9(7-8)10-2/h4-11H,1H2,2-3H3,(H,20,21,22,23);4-7H,3H2,1-2H3/b9-6+;. The van der Waals surface area contributed by atoms with Gasteiger partial charge in [0.05, 0.1) is 12.8 Å². The van der Waals surface area contributed by atoms with Gasteiger partial charge in [-0.25, -0.2) is 0 Å². The van der Waals surface area contributed by atoms with Crippen LogP contribution in [0.4, 0.5) is 0 Å². The number of hydrogen-bond acceptors (Lipinski definition) is 5. The van der Waals surface area contributed by atoms with Crippen LogP contribution >= 0.6 is 0 Å². The van der Waals surface area contributed by atoms with Crippen LogP contribution in [-0.4, -0.2) is 32.7 Å². The molecule has 4 aromatic rings. The number of rotatable bonds is 6. The first-order chi connectivity index (χ1) is 16.0. The maximum Gasteiger partial charge on any atom is 0.204 e. The first-order valence-corrected chi connectivity index (χ1v) is 10.8. The van der Waals surface area contributed by atoms with Gasteiger partial charge in [-0.05, 0) is 72.0 Å². The molecule has 0 saturated carbocycles. The average Bonchev–Trinajstić information content (AvgIpc) is 3.39. The molecule has 1 N–H and O–H groups in total. The number of aromatic nitrogens is 5. The Morgan fingerprint density at radius 3 is 2.52 bits per heavy atom. The van der Waals surface area contributed by atoms with Gasteiger partial charge in [0.1, 0.15) is 5.75 Å². The van der Waals surface area contributed by atoms with Crippen molar-refractivity contribution in [2.45, 2.75) is 27.2 Å². The van der Waals surface area contributed by atoms with E-state index in [4.69, 9.17) is 4.74 Å². The highest BCUT2D eigenvalue weighted by atomic mass is 16.5. The van der Waals surface area contributed by atoms with Gasteiger partial charge in [-0.1, -0.05) is 61.5 Å². The number of ether oxygens (including phenoxy) is 1. The van der Waals surface area contributed by atoms with Crippen molar-refractivity contribution in [1.82, 2.24) is 25.6 Å². The Balaban J connectivity index is 0.000000257. The summed E-state index contributed by atoms with van der Waals surface area (Å²) >= 11 is 0. The van der Waals surface area contributed by atoms with E-state index in [-0.39, 0.29) is 0 Å². The molecule has 0 saturated heterocycles. The maximum absolute atomic E-state index is 5.06. The molecule has 2 aromatic heterocycles. The van der Waals surface area contributed by atoms with E-state index in [1.807, 2.05) is 67.7 Å². The molecule has 2 heterocycles. The highest BCUT2D eigenvalue weighted by Gasteiger charge is 2.04. The van der Waals surface area contributed by atoms with E-state index in [0.29, 0.717) is 5.82 Å². The van der Waals surface area contributed by atoms with Gasteiger partial charge < -0.3 is 4.74 Å². The summed E-state index contributed by atoms with van der Waals surface area (Å²) in [6.45, 7) is 10.2. The fraction of sp³-hybridized carbons (Fsp3) is 0.185. The third kappa shape index (κ3) is 6.46. The van der Waals surface area contributed by atoms with Crippen molar-refractivity contribution in [1.29, 1.82) is 0 Å². The van der Waals surface area contributed by atoms with Gasteiger partial charge in [-0.2, -0.15) is 5.21 Å². The molecule has 0 atom stereocenters. The largest absolute Gasteiger partial charge is 0.497 e. The molecule has 6 heteroatoms. The zero-order chi connectivity index (χ0) is 23.6. The quantitative estimate of drug-likeness (QED) is 0.397. The van der Waals surface area contributed by atoms with Crippen LogP contribution in [0.5, 0.6) is 5.75 Å². The Kier molecular flexibility index (Phi) is 8.24. The lowest BCUT2D eigenvalue weighted by molar-refractivity contribution is 0.414. The summed E-state index contributed by atoms with van der Waals surface area (Å²) in [6.07, 6.45) is 6.94. The predicted octanol–water partition coefficient (Wildman–Crippen LogP) is 6.03. The topological polar surface area (TPSA) is 76.6 Å². The number of tetrazole rings is 1. The molecule has 2 aromatic carbocycles. The second-order valence-corrected chi connectivity index (χ2v) is 7.54. The van der Waals surface area contributed by atoms with Crippen molar-refractivity contribution in [3.8, 4) is 17.1 Å². The van der Waals surface area contributed by atoms with Crippen LogP contribution in [0.3, 0.4) is 0 Å². The Labute approximate surface area is 195 Å². The molecule has 0 amide bonds. The zero-order valence-electron chi connectivity index (χ0n) is 19.5. The van der Waals surface area contributed by atoms with Crippen molar-refractivity contribution in [3.05, 3.63) is 95.3 Å². The van der Waals surface area contributed by atoms with Crippen LogP contribution < -0.4 is 4.74 Å². The molecule has 0 radical (unpaired) electrons. The van der Waals surface area contributed by atoms with E-state index in [0.717, 1.165) is 45.7 Å². The number of H-pyrrole nitrogens is 1. The third-order valence-electron chi connectivity index (χ3n) is 5.19. The molecule has 0 bridgehead atoms. The van der Waals surface area contributed by atoms with Crippen molar-refractivity contribution in [3.63, 3.8) is 0 Å². The summed E-state index contributed by atoms with van der Waals surface area (Å²) in [5.74, 6) is 1.53. The molecule has 0 fully saturated rings. The van der Waals surface area contributed by atoms with Crippen LogP contribution in [0.1, 0.15) is 41.8 Å². The summed E-state index contributed by atoms with van der Waals surface area (Å²) < 4.78 is 5.06. The Hall–Kier alpha value is -4.06. The van der Waals surface area contributed by atoms with Gasteiger partial charge in [0.2, 0.25) is 5.82 Å². The lowest BCUT2D eigenvalue weighted by atomic mass is 10.0. The molecule has 0 aliphatic carbocycles. The Morgan fingerprint density at radius 2 is 1.88 bits per heavy atom. The van der Waals surface area contributed by atoms with Gasteiger partial charge in [0.15, 0.2) is 0 Å². The van der Waals surface area contributed by atoms with Crippen molar-refractivity contribution in [2.24, 2.45) is 0 Å². The minimum atomic E-state index is 0.590. The number of aryl methyl sites for hydroxylation is 1. The number of benzene rings is 2. The summed E-state index contributed by atoms with van der Waals surface area (Å²) in [5.41, 5.74) is 7.61. The van der Waals surface area contributed by atoms with Crippen molar-refractivity contribution >= 4 is 17.7 Å². The molecule has 6 nitrogen and oxygen atoms in total. The molecule has 0 unspecified atom stereocenters. The zero-order valence-corrected chi connectivity index (χ0v) is 19.5. The normalized spacial score (nSPS) is 10.5. The van der Waals surface area contributed by atoms with Gasteiger partial charge >= 0.3 is 0 Å². The van der Waals surface area contributed by atoms with E-state index in [9.17, 15) is 0 Å². The lowest BCUT2D eigenvalue weighted by Gasteiger charge is -2.07. The predicted molar refractivity (Wildman–Crippen MR) is 135 cm³/mol. The molecule has 4 rings (SSSR count). The molecule has 168 valence electrons. The van der Waals surface area contributed by atoms with E-state index in [1.165, 1.54) is 5.56 Å². The van der Waals surface area contributed by atoms with E-state index in [1.54, 1.807) is 7.11 Å². The smallest absolute Gasteiger partial charge is 0.204 e. The monoisotopic (exact) mass is 439 g/mol. The minimum Gasteiger partial charge on any atom is -0.497 e. The van der Waals surface area contributed by atoms with Gasteiger partial charge in [-0.3, -0.25) is 4.98 Å². The third-order valence-corrected chi connectivity index (χ3v) is 5.19. The molecule has 33 heavy (non-hydrogen) atoms. The molecule has 0 aliphatic rings. The Morgan fingerprint density at radius 1 is 1.09 bits per heavy atom. The fourth-order valence-corrected chi connectivity index (χ4v) is 3.28. The van der Waals surface area contributed by atoms with E-state index >= 15 is 0 Å². The summed E-state index contributed by atoms with van der Waals surface area (Å²) in [4.78, 5) is 4.43. The molecular formula is C27H29N5O. The van der Waals surface area contributed by atoms with Crippen molar-refractivity contribution in [2.75, 3.05) is 7.11 Å². The van der Waals surface area contributed by atoms with Gasteiger partial charge in [-0.15, -0.1) is 10.2 Å². The Bertz CT molecular complexity index is 1190. The second kappa shape index (κ2) is 11.5. The average molecular weight is 440 g/mol. The van der Waals surface area contributed by atoms with Gasteiger partial charge in [0.25, 0.3) is 0 Å². The van der Waals surface area contributed by atoms with Crippen molar-refractivity contribution < 1.29 is 4.74 Å². The fourth-order valence-electron chi connectivity index (χ4n) is 3.28. The van der Waals surface area contributed by atoms with E-state index in [2.05, 4.69) is 58.2 Å². The summed E-state index contributed by atoms with van der Waals surface area (Å²) in [7, 11) is 1.69. The first-order valence-electron chi connectivity index (χ1n) is 10.8. The highest BCUT2D eigenvalue weighted by molar-refractivity contribution is 5.74. The van der Waals surface area contributed by atoms with Crippen LogP contribution in [0.2, 0.25) is 0 Å². The lowest BCUT2D eigenvalue weighted by Crippen LogP contribution is -1.92. The number of methoxy groups -OCH3 is 1. The number of allylic oxidation sites excluding steroid dienone is 1. The summed E-state index contributed by atoms with van der Waals surface area (Å²) in [5, 5.41) is 13.9. The summed E-state index contributed by atoms with van der Waals surface area (Å²) in [6, 6.07) is 18.1. The minimum absolute atomic E-state index is 0.590. The number of pyridine rings is 1. The maximum atomic E-state index is 5.06. The second-order valence-electron chi connectivity index (χ2n) is 7.54. The molecule has 0 spiro atoms. The van der Waals surface area contributed by atoms with E-state index < -0.39 is 0 Å². The van der Waals surface area contributed by atoms with Crippen LogP contribution in [0.25, 0.3) is 29.1 Å². The number of nitrogens with zero attached hydrogens (tertiary/aromatic N) is 4. The molecular weight excluding hydrogens is 410 g/mol. The van der Waals surface area contributed by atoms with Crippen LogP contribution in [0, 0.1) is 6.92 Å². The highest BCUT2D eigenvalue weighted by Crippen LogP contribution is 2.21. The van der Waals surface area contributed by atoms with Gasteiger partial charge in [0, 0.05) is 11.8 Å². The SMILES string of the molecule is C=C(C)c1ccnc(/C=C/c2ccc(-c3nn[nH]n3)cc2)c1C.CCc1cccc(OC)c1. The number of nitrogens with one attached hydrogen (secondary N) is 1. The first kappa shape index (κ1) is 23.6. The molecule has 0 aliphatic heterocycles. The number of aromatic amines is 1.